The molecule has 0 aliphatic carbocycles. The van der Waals surface area contributed by atoms with Crippen LogP contribution in [0.15, 0.2) is 95.5 Å². The van der Waals surface area contributed by atoms with Gasteiger partial charge in [-0.1, -0.05) is 97.4 Å². The zero-order valence-corrected chi connectivity index (χ0v) is 26.0. The molecule has 0 radical (unpaired) electrons. The quantitative estimate of drug-likeness (QED) is 0.208. The molecule has 0 unspecified atom stereocenters. The summed E-state index contributed by atoms with van der Waals surface area (Å²) in [5, 5.41) is 8.92. The predicted octanol–water partition coefficient (Wildman–Crippen LogP) is 8.03. The van der Waals surface area contributed by atoms with Gasteiger partial charge in [-0.2, -0.15) is 14.7 Å². The van der Waals surface area contributed by atoms with Crippen LogP contribution < -0.4 is 5.32 Å². The first-order valence-electron chi connectivity index (χ1n) is 13.7. The van der Waals surface area contributed by atoms with Gasteiger partial charge in [0, 0.05) is 15.4 Å². The number of aryl methyl sites for hydroxylation is 1. The first kappa shape index (κ1) is 30.6. The number of fused-ring (bicyclic) bond motifs is 1. The van der Waals surface area contributed by atoms with E-state index in [1.807, 2.05) is 61.0 Å². The summed E-state index contributed by atoms with van der Waals surface area (Å²) in [5.74, 6) is -0.0920. The molecule has 0 aliphatic rings. The second-order valence-corrected chi connectivity index (χ2v) is 12.2. The third-order valence-corrected chi connectivity index (χ3v) is 7.78. The Morgan fingerprint density at radius 1 is 0.952 bits per heavy atom. The Kier molecular flexibility index (Phi) is 9.56. The molecule has 0 aliphatic heterocycles. The maximum Gasteiger partial charge on any atom is 0.373 e. The summed E-state index contributed by atoms with van der Waals surface area (Å²) in [6.07, 6.45) is 0.250. The van der Waals surface area contributed by atoms with Gasteiger partial charge in [-0.15, -0.1) is 0 Å². The normalized spacial score (nSPS) is 11.8. The van der Waals surface area contributed by atoms with Gasteiger partial charge >= 0.3 is 6.15 Å². The van der Waals surface area contributed by atoms with Crippen LogP contribution in [-0.2, 0) is 21.5 Å². The lowest BCUT2D eigenvalue weighted by molar-refractivity contribution is -0.191. The van der Waals surface area contributed by atoms with E-state index in [0.29, 0.717) is 12.1 Å². The third-order valence-electron chi connectivity index (χ3n) is 7.25. The maximum atomic E-state index is 13.0. The lowest BCUT2D eigenvalue weighted by Crippen LogP contribution is -2.26. The van der Waals surface area contributed by atoms with E-state index >= 15 is 0 Å². The van der Waals surface area contributed by atoms with E-state index in [1.54, 1.807) is 0 Å². The van der Waals surface area contributed by atoms with Gasteiger partial charge in [-0.25, -0.2) is 0 Å². The van der Waals surface area contributed by atoms with Crippen molar-refractivity contribution in [3.05, 3.63) is 123 Å². The van der Waals surface area contributed by atoms with Gasteiger partial charge in [0.15, 0.2) is 0 Å². The Hall–Kier alpha value is -4.32. The number of hydrogen-bond donors (Lipinski definition) is 1. The Morgan fingerprint density at radius 3 is 2.24 bits per heavy atom. The van der Waals surface area contributed by atoms with Crippen LogP contribution in [0.1, 0.15) is 66.5 Å². The van der Waals surface area contributed by atoms with Crippen molar-refractivity contribution in [3.63, 3.8) is 0 Å². The third kappa shape index (κ3) is 7.11. The lowest BCUT2D eigenvalue weighted by Gasteiger charge is -2.23. The number of halogens is 1. The molecule has 1 aromatic heterocycles. The van der Waals surface area contributed by atoms with Crippen LogP contribution in [0.3, 0.4) is 0 Å². The molecule has 0 fully saturated rings. The van der Waals surface area contributed by atoms with Crippen molar-refractivity contribution in [1.82, 2.24) is 15.1 Å². The summed E-state index contributed by atoms with van der Waals surface area (Å²) in [7, 11) is 0. The Labute approximate surface area is 254 Å². The monoisotopic (exact) mass is 623 g/mol. The number of hydrogen-bond acceptors (Lipinski definition) is 4. The number of carbonyl (C=O) groups excluding carboxylic acids is 3. The van der Waals surface area contributed by atoms with Crippen LogP contribution in [0.5, 0.6) is 0 Å². The van der Waals surface area contributed by atoms with Crippen LogP contribution in [0.4, 0.5) is 0 Å². The number of nitrogens with one attached hydrogen (secondary N) is 1. The second-order valence-electron chi connectivity index (χ2n) is 11.3. The highest BCUT2D eigenvalue weighted by molar-refractivity contribution is 9.10. The van der Waals surface area contributed by atoms with Gasteiger partial charge in [0.25, 0.3) is 5.91 Å². The van der Waals surface area contributed by atoms with Gasteiger partial charge in [0.1, 0.15) is 0 Å². The molecule has 4 aromatic carbocycles. The fourth-order valence-electron chi connectivity index (χ4n) is 5.07. The number of amides is 1. The SMILES string of the molecule is Cc1nn(Cc2ccc(-c3ccccc3C(C)(C)C)cc2)c2ccc(C(=O)N[C@@H](C)c3ccc(Br)cc3)cc12.O=C=O. The van der Waals surface area contributed by atoms with Crippen molar-refractivity contribution in [1.29, 1.82) is 0 Å². The van der Waals surface area contributed by atoms with E-state index in [0.717, 1.165) is 26.6 Å². The van der Waals surface area contributed by atoms with Gasteiger partial charge in [0.2, 0.25) is 0 Å². The molecular weight excluding hydrogens is 590 g/mol. The molecule has 0 saturated carbocycles. The topological polar surface area (TPSA) is 81.1 Å². The molecule has 1 N–H and O–H groups in total. The van der Waals surface area contributed by atoms with E-state index in [4.69, 9.17) is 14.7 Å². The minimum Gasteiger partial charge on any atom is -0.346 e. The molecule has 42 heavy (non-hydrogen) atoms. The van der Waals surface area contributed by atoms with E-state index in [1.165, 1.54) is 22.3 Å². The lowest BCUT2D eigenvalue weighted by atomic mass is 9.82. The Balaban J connectivity index is 0.00000129. The first-order chi connectivity index (χ1) is 20.0. The maximum absolute atomic E-state index is 13.0. The highest BCUT2D eigenvalue weighted by Crippen LogP contribution is 2.33. The molecule has 7 heteroatoms. The Morgan fingerprint density at radius 2 is 1.60 bits per heavy atom. The zero-order valence-electron chi connectivity index (χ0n) is 24.4. The van der Waals surface area contributed by atoms with Gasteiger partial charge < -0.3 is 5.32 Å². The summed E-state index contributed by atoms with van der Waals surface area (Å²) >= 11 is 3.46. The van der Waals surface area contributed by atoms with Crippen LogP contribution >= 0.6 is 15.9 Å². The number of aromatic nitrogens is 2. The number of rotatable bonds is 6. The van der Waals surface area contributed by atoms with Gasteiger partial charge in [0.05, 0.1) is 23.8 Å². The minimum atomic E-state index is -0.0940. The van der Waals surface area contributed by atoms with Crippen molar-refractivity contribution >= 4 is 38.9 Å². The average molecular weight is 625 g/mol. The van der Waals surface area contributed by atoms with Crippen molar-refractivity contribution in [2.45, 2.75) is 52.6 Å². The van der Waals surface area contributed by atoms with Crippen molar-refractivity contribution in [3.8, 4) is 11.1 Å². The van der Waals surface area contributed by atoms with Crippen LogP contribution in [-0.4, -0.2) is 21.8 Å². The standard InChI is InChI=1S/C34H34BrN3O.CO2/c1-22(25-14-17-28(35)18-15-25)36-33(39)27-16-19-32-30(20-27)23(2)37-38(32)21-24-10-12-26(13-11-24)29-8-6-7-9-31(29)34(3,4)5;2-1-3/h6-20,22H,21H2,1-5H3,(H,36,39);/t22-;/m0./s1. The average Bonchev–Trinajstić information content (AvgIpc) is 3.27. The van der Waals surface area contributed by atoms with Crippen LogP contribution in [0.25, 0.3) is 22.0 Å². The molecule has 1 heterocycles. The van der Waals surface area contributed by atoms with E-state index in [2.05, 4.69) is 90.5 Å². The number of carbonyl (C=O) groups is 1. The summed E-state index contributed by atoms with van der Waals surface area (Å²) in [6, 6.07) is 31.2. The van der Waals surface area contributed by atoms with Crippen LogP contribution in [0, 0.1) is 6.92 Å². The first-order valence-corrected chi connectivity index (χ1v) is 14.5. The summed E-state index contributed by atoms with van der Waals surface area (Å²) in [6.45, 7) is 11.4. The number of benzene rings is 4. The highest BCUT2D eigenvalue weighted by Gasteiger charge is 2.18. The fraction of sp³-hybridized carbons (Fsp3) is 0.229. The fourth-order valence-corrected chi connectivity index (χ4v) is 5.33. The van der Waals surface area contributed by atoms with Crippen molar-refractivity contribution in [2.75, 3.05) is 0 Å². The van der Waals surface area contributed by atoms with Crippen molar-refractivity contribution in [2.24, 2.45) is 0 Å². The molecular formula is C35H34BrN3O3. The van der Waals surface area contributed by atoms with Gasteiger partial charge in [-0.3, -0.25) is 9.48 Å². The molecule has 0 saturated heterocycles. The van der Waals surface area contributed by atoms with Crippen LogP contribution in [0.2, 0.25) is 0 Å². The largest absolute Gasteiger partial charge is 0.373 e. The summed E-state index contributed by atoms with van der Waals surface area (Å²) in [5.41, 5.74) is 8.73. The smallest absolute Gasteiger partial charge is 0.346 e. The molecule has 5 aromatic rings. The van der Waals surface area contributed by atoms with E-state index < -0.39 is 0 Å². The molecule has 5 rings (SSSR count). The molecule has 0 spiro atoms. The molecule has 214 valence electrons. The van der Waals surface area contributed by atoms with Gasteiger partial charge in [-0.05, 0) is 77.4 Å². The summed E-state index contributed by atoms with van der Waals surface area (Å²) in [4.78, 5) is 29.3. The highest BCUT2D eigenvalue weighted by atomic mass is 79.9. The van der Waals surface area contributed by atoms with E-state index in [-0.39, 0.29) is 23.5 Å². The minimum absolute atomic E-state index is 0.0769. The molecule has 1 amide bonds. The molecule has 0 bridgehead atoms. The Bertz CT molecular complexity index is 1730. The molecule has 6 nitrogen and oxygen atoms in total. The molecule has 1 atom stereocenters. The number of nitrogens with zero attached hydrogens (tertiary/aromatic N) is 2. The predicted molar refractivity (Wildman–Crippen MR) is 169 cm³/mol. The summed E-state index contributed by atoms with van der Waals surface area (Å²) < 4.78 is 3.04. The van der Waals surface area contributed by atoms with E-state index in [9.17, 15) is 4.79 Å². The van der Waals surface area contributed by atoms with Crippen molar-refractivity contribution < 1.29 is 14.4 Å². The zero-order chi connectivity index (χ0) is 30.4. The second kappa shape index (κ2) is 13.1.